The van der Waals surface area contributed by atoms with Gasteiger partial charge >= 0.3 is 6.09 Å². The monoisotopic (exact) mass is 310 g/mol. The lowest BCUT2D eigenvalue weighted by Crippen LogP contribution is -2.33. The van der Waals surface area contributed by atoms with Crippen LogP contribution in [0.1, 0.15) is 29.4 Å². The van der Waals surface area contributed by atoms with Crippen LogP contribution >= 0.6 is 11.3 Å². The number of rotatable bonds is 3. The number of ether oxygens (including phenoxy) is 1. The van der Waals surface area contributed by atoms with Gasteiger partial charge in [-0.3, -0.25) is 0 Å². The largest absolute Gasteiger partial charge is 0.443 e. The van der Waals surface area contributed by atoms with E-state index in [0.717, 1.165) is 15.6 Å². The number of carbonyl (C=O) groups is 1. The molecule has 0 bridgehead atoms. The lowest BCUT2D eigenvalue weighted by Gasteiger charge is -2.22. The zero-order chi connectivity index (χ0) is 15.6. The van der Waals surface area contributed by atoms with E-state index in [9.17, 15) is 4.79 Å². The molecule has 0 unspecified atom stereocenters. The third-order valence-corrected chi connectivity index (χ3v) is 4.29. The Labute approximate surface area is 125 Å². The summed E-state index contributed by atoms with van der Waals surface area (Å²) in [5.74, 6) is 3.24. The van der Waals surface area contributed by atoms with Gasteiger partial charge in [0.25, 0.3) is 0 Å². The summed E-state index contributed by atoms with van der Waals surface area (Å²) in [7, 11) is -1.39. The van der Waals surface area contributed by atoms with Crippen molar-refractivity contribution in [3.63, 3.8) is 0 Å². The quantitative estimate of drug-likeness (QED) is 0.689. The summed E-state index contributed by atoms with van der Waals surface area (Å²) >= 11 is 1.56. The lowest BCUT2D eigenvalue weighted by atomic mass is 10.1. The van der Waals surface area contributed by atoms with Gasteiger partial charge < -0.3 is 10.5 Å². The van der Waals surface area contributed by atoms with Crippen LogP contribution in [0.5, 0.6) is 0 Å². The summed E-state index contributed by atoms with van der Waals surface area (Å²) in [4.78, 5) is 16.4. The van der Waals surface area contributed by atoms with Crippen LogP contribution < -0.4 is 5.73 Å². The predicted molar refractivity (Wildman–Crippen MR) is 85.5 cm³/mol. The minimum atomic E-state index is -1.39. The smallest absolute Gasteiger partial charge is 0.405 e. The molecule has 0 spiro atoms. The van der Waals surface area contributed by atoms with E-state index in [2.05, 4.69) is 36.1 Å². The first-order valence-electron chi connectivity index (χ1n) is 6.46. The molecule has 1 heterocycles. The summed E-state index contributed by atoms with van der Waals surface area (Å²) in [6, 6.07) is 0. The lowest BCUT2D eigenvalue weighted by molar-refractivity contribution is 0.0460. The number of nitrogens with two attached hydrogens (primary N) is 1. The Morgan fingerprint density at radius 2 is 2.05 bits per heavy atom. The number of aromatic nitrogens is 1. The molecule has 0 aliphatic heterocycles. The number of carbonyl (C=O) groups excluding carboxylic acids is 1. The zero-order valence-corrected chi connectivity index (χ0v) is 14.8. The van der Waals surface area contributed by atoms with Crippen LogP contribution in [0.4, 0.5) is 4.79 Å². The Morgan fingerprint density at radius 1 is 1.45 bits per heavy atom. The topological polar surface area (TPSA) is 65.2 Å². The maximum absolute atomic E-state index is 10.9. The van der Waals surface area contributed by atoms with Crippen LogP contribution in [0.15, 0.2) is 0 Å². The minimum Gasteiger partial charge on any atom is -0.443 e. The Balaban J connectivity index is 2.90. The molecule has 0 aliphatic rings. The van der Waals surface area contributed by atoms with Gasteiger partial charge in [0.1, 0.15) is 13.7 Å². The van der Waals surface area contributed by atoms with E-state index < -0.39 is 19.8 Å². The first kappa shape index (κ1) is 16.7. The van der Waals surface area contributed by atoms with Crippen LogP contribution in [-0.2, 0) is 11.2 Å². The Hall–Kier alpha value is -1.32. The SMILES string of the molecule is Cc1nc(CC(C)(C)OC(N)=O)sc1C#C[Si](C)(C)C. The molecule has 110 valence electrons. The van der Waals surface area contributed by atoms with E-state index in [0.29, 0.717) is 6.42 Å². The Kier molecular flexibility index (Phi) is 5.00. The van der Waals surface area contributed by atoms with Crippen molar-refractivity contribution in [2.24, 2.45) is 5.73 Å². The van der Waals surface area contributed by atoms with Crippen molar-refractivity contribution in [3.8, 4) is 11.5 Å². The average Bonchev–Trinajstić information content (AvgIpc) is 2.51. The van der Waals surface area contributed by atoms with Gasteiger partial charge in [0.2, 0.25) is 0 Å². The van der Waals surface area contributed by atoms with Gasteiger partial charge in [-0.05, 0) is 20.8 Å². The second-order valence-corrected chi connectivity index (χ2v) is 12.2. The van der Waals surface area contributed by atoms with Crippen LogP contribution in [0.25, 0.3) is 0 Å². The van der Waals surface area contributed by atoms with Gasteiger partial charge in [0.15, 0.2) is 0 Å². The van der Waals surface area contributed by atoms with E-state index in [1.165, 1.54) is 0 Å². The maximum Gasteiger partial charge on any atom is 0.405 e. The standard InChI is InChI=1S/C14H22N2O2SSi/c1-10-11(7-8-20(4,5)6)19-12(16-10)9-14(2,3)18-13(15)17/h9H2,1-6H3,(H2,15,17). The fourth-order valence-corrected chi connectivity index (χ4v) is 3.28. The van der Waals surface area contributed by atoms with E-state index in [4.69, 9.17) is 10.5 Å². The highest BCUT2D eigenvalue weighted by atomic mass is 32.1. The predicted octanol–water partition coefficient (Wildman–Crippen LogP) is 3.10. The van der Waals surface area contributed by atoms with Crippen molar-refractivity contribution < 1.29 is 9.53 Å². The van der Waals surface area contributed by atoms with Crippen molar-refractivity contribution in [2.75, 3.05) is 0 Å². The molecule has 0 atom stereocenters. The molecule has 1 aromatic rings. The summed E-state index contributed by atoms with van der Waals surface area (Å²) in [6.07, 6.45) is -0.224. The highest BCUT2D eigenvalue weighted by molar-refractivity contribution is 7.12. The molecule has 0 saturated carbocycles. The first-order valence-corrected chi connectivity index (χ1v) is 10.8. The van der Waals surface area contributed by atoms with Crippen molar-refractivity contribution in [1.82, 2.24) is 4.98 Å². The van der Waals surface area contributed by atoms with Crippen molar-refractivity contribution in [1.29, 1.82) is 0 Å². The molecule has 0 aliphatic carbocycles. The average molecular weight is 310 g/mol. The third-order valence-electron chi connectivity index (χ3n) is 2.35. The highest BCUT2D eigenvalue weighted by Crippen LogP contribution is 2.23. The molecule has 1 aromatic heterocycles. The zero-order valence-electron chi connectivity index (χ0n) is 13.0. The number of hydrogen-bond acceptors (Lipinski definition) is 4. The van der Waals surface area contributed by atoms with E-state index >= 15 is 0 Å². The number of thiazole rings is 1. The van der Waals surface area contributed by atoms with Gasteiger partial charge in [-0.25, -0.2) is 9.78 Å². The van der Waals surface area contributed by atoms with Crippen LogP contribution in [-0.4, -0.2) is 24.8 Å². The molecule has 0 saturated heterocycles. The molecule has 4 nitrogen and oxygen atoms in total. The maximum atomic E-state index is 10.9. The highest BCUT2D eigenvalue weighted by Gasteiger charge is 2.24. The van der Waals surface area contributed by atoms with Gasteiger partial charge in [-0.2, -0.15) is 0 Å². The summed E-state index contributed by atoms with van der Waals surface area (Å²) in [6.45, 7) is 12.2. The summed E-state index contributed by atoms with van der Waals surface area (Å²) in [5, 5.41) is 0.911. The van der Waals surface area contributed by atoms with Gasteiger partial charge in [-0.15, -0.1) is 16.9 Å². The molecule has 20 heavy (non-hydrogen) atoms. The van der Waals surface area contributed by atoms with Crippen LogP contribution in [0, 0.1) is 18.4 Å². The first-order chi connectivity index (χ1) is 8.98. The summed E-state index contributed by atoms with van der Waals surface area (Å²) < 4.78 is 5.08. The molecular formula is C14H22N2O2SSi. The number of nitrogens with zero attached hydrogens (tertiary/aromatic N) is 1. The van der Waals surface area contributed by atoms with Crippen molar-refractivity contribution in [3.05, 3.63) is 15.6 Å². The van der Waals surface area contributed by atoms with Gasteiger partial charge in [-0.1, -0.05) is 25.6 Å². The molecule has 1 amide bonds. The van der Waals surface area contributed by atoms with Crippen molar-refractivity contribution >= 4 is 25.5 Å². The minimum absolute atomic E-state index is 0.538. The van der Waals surface area contributed by atoms with E-state index in [1.54, 1.807) is 11.3 Å². The molecule has 1 rings (SSSR count). The van der Waals surface area contributed by atoms with Gasteiger partial charge in [0.05, 0.1) is 15.6 Å². The summed E-state index contributed by atoms with van der Waals surface area (Å²) in [5.41, 5.74) is 8.69. The normalized spacial score (nSPS) is 11.7. The molecular weight excluding hydrogens is 288 g/mol. The van der Waals surface area contributed by atoms with E-state index in [1.807, 2.05) is 20.8 Å². The molecule has 0 radical (unpaired) electrons. The molecule has 0 fully saturated rings. The number of amides is 1. The number of hydrogen-bond donors (Lipinski definition) is 1. The van der Waals surface area contributed by atoms with Crippen LogP contribution in [0.3, 0.4) is 0 Å². The van der Waals surface area contributed by atoms with Gasteiger partial charge in [0, 0.05) is 6.42 Å². The Bertz CT molecular complexity index is 562. The number of aryl methyl sites for hydroxylation is 1. The molecule has 0 aromatic carbocycles. The third kappa shape index (κ3) is 5.76. The molecule has 2 N–H and O–H groups in total. The second-order valence-electron chi connectivity index (χ2n) is 6.38. The Morgan fingerprint density at radius 3 is 2.55 bits per heavy atom. The van der Waals surface area contributed by atoms with Crippen molar-refractivity contribution in [2.45, 2.75) is 52.4 Å². The van der Waals surface area contributed by atoms with E-state index in [-0.39, 0.29) is 0 Å². The molecule has 6 heteroatoms. The fourth-order valence-electron chi connectivity index (χ4n) is 1.56. The number of primary amides is 1. The fraction of sp³-hybridized carbons (Fsp3) is 0.571. The van der Waals surface area contributed by atoms with Crippen LogP contribution in [0.2, 0.25) is 19.6 Å². The second kappa shape index (κ2) is 5.98.